The molecule has 0 saturated carbocycles. The summed E-state index contributed by atoms with van der Waals surface area (Å²) in [6, 6.07) is 0. The van der Waals surface area contributed by atoms with Crippen LogP contribution in [0.5, 0.6) is 0 Å². The number of hydrogen-bond acceptors (Lipinski definition) is 7. The topological polar surface area (TPSA) is 94.2 Å². The molecule has 352 valence electrons. The maximum absolute atomic E-state index is 12.7. The molecule has 0 aliphatic carbocycles. The number of hydrogen-bond donors (Lipinski definition) is 1. The van der Waals surface area contributed by atoms with Gasteiger partial charge in [-0.15, -0.1) is 0 Å². The van der Waals surface area contributed by atoms with Crippen molar-refractivity contribution in [1.82, 2.24) is 10.2 Å². The van der Waals surface area contributed by atoms with Gasteiger partial charge in [-0.25, -0.2) is 0 Å². The average Bonchev–Trinajstić information content (AvgIpc) is 3.23. The Morgan fingerprint density at radius 2 is 0.898 bits per heavy atom. The average molecular weight is 839 g/mol. The van der Waals surface area contributed by atoms with Crippen molar-refractivity contribution in [2.75, 3.05) is 39.9 Å². The third kappa shape index (κ3) is 47.2. The number of ether oxygens (including phenoxy) is 3. The lowest BCUT2D eigenvalue weighted by molar-refractivity contribution is -0.150. The van der Waals surface area contributed by atoms with E-state index in [9.17, 15) is 14.4 Å². The van der Waals surface area contributed by atoms with E-state index in [0.717, 1.165) is 64.6 Å². The van der Waals surface area contributed by atoms with E-state index < -0.39 is 0 Å². The lowest BCUT2D eigenvalue weighted by Gasteiger charge is -2.22. The van der Waals surface area contributed by atoms with Crippen molar-refractivity contribution in [1.29, 1.82) is 0 Å². The molecule has 0 bridgehead atoms. The Labute approximate surface area is 367 Å². The Hall–Kier alpha value is -1.67. The Morgan fingerprint density at radius 1 is 0.508 bits per heavy atom. The molecule has 0 aromatic rings. The highest BCUT2D eigenvalue weighted by atomic mass is 16.5. The summed E-state index contributed by atoms with van der Waals surface area (Å²) in [5.74, 6) is -0.00495. The summed E-state index contributed by atoms with van der Waals surface area (Å²) in [4.78, 5) is 37.1. The molecule has 59 heavy (non-hydrogen) atoms. The van der Waals surface area contributed by atoms with Crippen LogP contribution in [0.2, 0.25) is 0 Å². The Bertz CT molecular complexity index is 842. The molecular weight excluding hydrogens is 737 g/mol. The highest BCUT2D eigenvalue weighted by Crippen LogP contribution is 2.19. The Kier molecular flexibility index (Phi) is 51.0. The van der Waals surface area contributed by atoms with Gasteiger partial charge < -0.3 is 24.4 Å². The molecule has 0 spiro atoms. The zero-order valence-electron chi connectivity index (χ0n) is 40.4. The van der Waals surface area contributed by atoms with Gasteiger partial charge in [-0.2, -0.15) is 0 Å². The minimum atomic E-state index is -0.0324. The van der Waals surface area contributed by atoms with E-state index in [1.807, 2.05) is 0 Å². The molecule has 0 aliphatic heterocycles. The van der Waals surface area contributed by atoms with Gasteiger partial charge in [0.1, 0.15) is 18.8 Å². The number of esters is 1. The highest BCUT2D eigenvalue weighted by molar-refractivity contribution is 5.77. The van der Waals surface area contributed by atoms with Crippen LogP contribution in [0.15, 0.2) is 0 Å². The van der Waals surface area contributed by atoms with Crippen molar-refractivity contribution in [2.45, 2.75) is 272 Å². The van der Waals surface area contributed by atoms with Crippen LogP contribution in [-0.2, 0) is 28.6 Å². The van der Waals surface area contributed by atoms with Crippen LogP contribution < -0.4 is 5.32 Å². The molecule has 0 aliphatic rings. The van der Waals surface area contributed by atoms with Crippen LogP contribution in [0, 0.1) is 0 Å². The number of amides is 1. The molecule has 1 unspecified atom stereocenters. The molecule has 1 N–H and O–H groups in total. The predicted molar refractivity (Wildman–Crippen MR) is 252 cm³/mol. The lowest BCUT2D eigenvalue weighted by atomic mass is 10.0. The van der Waals surface area contributed by atoms with Crippen LogP contribution in [-0.4, -0.2) is 75.4 Å². The maximum atomic E-state index is 12.7. The molecule has 0 aromatic carbocycles. The van der Waals surface area contributed by atoms with E-state index in [-0.39, 0.29) is 30.7 Å². The largest absolute Gasteiger partial charge is 0.465 e. The second-order valence-electron chi connectivity index (χ2n) is 17.3. The van der Waals surface area contributed by atoms with Crippen LogP contribution in [0.3, 0.4) is 0 Å². The summed E-state index contributed by atoms with van der Waals surface area (Å²) in [6.45, 7) is 15.8. The number of nitrogens with zero attached hydrogens (tertiary/aromatic N) is 1. The molecule has 0 radical (unpaired) electrons. The first-order valence-electron chi connectivity index (χ1n) is 25.7. The summed E-state index contributed by atoms with van der Waals surface area (Å²) in [7, 11) is 1.55. The SMILES string of the molecule is CCCCCCCCC(CC)OC=O.CCCCCCCCC(CCCCCCCC)OC(=O)CCCCCCCN(CCCCCCCC)CCCNC(=O)COC. The molecule has 8 nitrogen and oxygen atoms in total. The van der Waals surface area contributed by atoms with E-state index in [2.05, 4.69) is 44.8 Å². The van der Waals surface area contributed by atoms with Crippen molar-refractivity contribution >= 4 is 18.3 Å². The number of unbranched alkanes of at least 4 members (excludes halogenated alkanes) is 24. The van der Waals surface area contributed by atoms with Gasteiger partial charge in [0, 0.05) is 20.1 Å². The minimum Gasteiger partial charge on any atom is -0.465 e. The fourth-order valence-electron chi connectivity index (χ4n) is 7.71. The third-order valence-corrected chi connectivity index (χ3v) is 11.6. The summed E-state index contributed by atoms with van der Waals surface area (Å²) in [6.07, 6.45) is 42.7. The zero-order chi connectivity index (χ0) is 43.7. The van der Waals surface area contributed by atoms with Gasteiger partial charge >= 0.3 is 5.97 Å². The normalized spacial score (nSPS) is 11.7. The molecule has 1 atom stereocenters. The quantitative estimate of drug-likeness (QED) is 0.0371. The molecule has 0 rings (SSSR count). The zero-order valence-corrected chi connectivity index (χ0v) is 40.4. The summed E-state index contributed by atoms with van der Waals surface area (Å²) in [5.41, 5.74) is 0. The maximum Gasteiger partial charge on any atom is 0.306 e. The highest BCUT2D eigenvalue weighted by Gasteiger charge is 2.14. The van der Waals surface area contributed by atoms with Crippen molar-refractivity contribution < 1.29 is 28.6 Å². The first-order valence-corrected chi connectivity index (χ1v) is 25.7. The fourth-order valence-corrected chi connectivity index (χ4v) is 7.71. The number of nitrogens with one attached hydrogen (secondary N) is 1. The van der Waals surface area contributed by atoms with Crippen molar-refractivity contribution in [2.24, 2.45) is 0 Å². The van der Waals surface area contributed by atoms with Crippen LogP contribution in [0.4, 0.5) is 0 Å². The van der Waals surface area contributed by atoms with Crippen LogP contribution >= 0.6 is 0 Å². The van der Waals surface area contributed by atoms with Gasteiger partial charge in [0.05, 0.1) is 0 Å². The molecule has 8 heteroatoms. The second-order valence-corrected chi connectivity index (χ2v) is 17.3. The van der Waals surface area contributed by atoms with Crippen LogP contribution in [0.1, 0.15) is 259 Å². The number of methoxy groups -OCH3 is 1. The molecular formula is C51H102N2O6. The van der Waals surface area contributed by atoms with Gasteiger partial charge in [-0.3, -0.25) is 14.4 Å². The Morgan fingerprint density at radius 3 is 1.32 bits per heavy atom. The number of carbonyl (C=O) groups is 3. The summed E-state index contributed by atoms with van der Waals surface area (Å²) in [5, 5.41) is 2.95. The van der Waals surface area contributed by atoms with Gasteiger partial charge in [-0.1, -0.05) is 182 Å². The molecule has 1 amide bonds. The van der Waals surface area contributed by atoms with Crippen molar-refractivity contribution in [3.05, 3.63) is 0 Å². The monoisotopic (exact) mass is 839 g/mol. The summed E-state index contributed by atoms with van der Waals surface area (Å²) >= 11 is 0. The van der Waals surface area contributed by atoms with Crippen LogP contribution in [0.25, 0.3) is 0 Å². The standard InChI is InChI=1S/C39H78N2O4.C12H24O2/c1-5-8-11-14-18-23-29-37(30-24-19-15-12-9-6-2)45-39(43)31-25-20-17-22-27-34-41(33-26-21-16-13-10-7-3)35-28-32-40-38(42)36-44-4;1-3-5-6-7-8-9-10-12(4-2)14-11-13/h37H,5-36H2,1-4H3,(H,40,42);11-12H,3-10H2,1-2H3. The van der Waals surface area contributed by atoms with Crippen molar-refractivity contribution in [3.8, 4) is 0 Å². The van der Waals surface area contributed by atoms with E-state index in [4.69, 9.17) is 14.2 Å². The van der Waals surface area contributed by atoms with Gasteiger partial charge in [0.2, 0.25) is 5.91 Å². The fraction of sp³-hybridized carbons (Fsp3) is 0.941. The van der Waals surface area contributed by atoms with Gasteiger partial charge in [0.15, 0.2) is 0 Å². The minimum absolute atomic E-state index is 0.0275. The summed E-state index contributed by atoms with van der Waals surface area (Å²) < 4.78 is 15.9. The van der Waals surface area contributed by atoms with E-state index >= 15 is 0 Å². The van der Waals surface area contributed by atoms with Gasteiger partial charge in [0.25, 0.3) is 6.47 Å². The molecule has 0 aromatic heterocycles. The number of carbonyl (C=O) groups excluding carboxylic acids is 3. The molecule has 0 heterocycles. The predicted octanol–water partition coefficient (Wildman–Crippen LogP) is 14.2. The van der Waals surface area contributed by atoms with E-state index in [1.165, 1.54) is 173 Å². The molecule has 0 fully saturated rings. The van der Waals surface area contributed by atoms with E-state index in [1.54, 1.807) is 7.11 Å². The molecule has 0 saturated heterocycles. The smallest absolute Gasteiger partial charge is 0.306 e. The lowest BCUT2D eigenvalue weighted by Crippen LogP contribution is -2.32. The van der Waals surface area contributed by atoms with E-state index in [0.29, 0.717) is 19.4 Å². The van der Waals surface area contributed by atoms with Gasteiger partial charge in [-0.05, 0) is 90.3 Å². The third-order valence-electron chi connectivity index (χ3n) is 11.6. The number of rotatable bonds is 46. The first-order chi connectivity index (χ1) is 28.9. The second kappa shape index (κ2) is 50.7. The first kappa shape index (κ1) is 59.4. The Balaban J connectivity index is 0. The van der Waals surface area contributed by atoms with Crippen molar-refractivity contribution in [3.63, 3.8) is 0 Å².